The molecule has 0 bridgehead atoms. The van der Waals surface area contributed by atoms with Gasteiger partial charge in [-0.3, -0.25) is 9.59 Å². The van der Waals surface area contributed by atoms with E-state index in [-0.39, 0.29) is 11.8 Å². The molecule has 0 atom stereocenters. The lowest BCUT2D eigenvalue weighted by molar-refractivity contribution is -0.118. The number of rotatable bonds is 5. The maximum Gasteiger partial charge on any atom is 0.251 e. The normalized spacial score (nSPS) is 9.81. The van der Waals surface area contributed by atoms with Gasteiger partial charge in [0.1, 0.15) is 0 Å². The monoisotopic (exact) mass is 220 g/mol. The fourth-order valence-electron chi connectivity index (χ4n) is 1.27. The van der Waals surface area contributed by atoms with E-state index in [9.17, 15) is 9.59 Å². The molecule has 0 aliphatic rings. The lowest BCUT2D eigenvalue weighted by Crippen LogP contribution is -2.25. The van der Waals surface area contributed by atoms with Crippen molar-refractivity contribution in [3.8, 4) is 0 Å². The minimum atomic E-state index is -0.343. The zero-order valence-corrected chi connectivity index (χ0v) is 9.32. The van der Waals surface area contributed by atoms with E-state index >= 15 is 0 Å². The van der Waals surface area contributed by atoms with Crippen molar-refractivity contribution in [2.75, 3.05) is 6.54 Å². The Bertz CT molecular complexity index is 371. The summed E-state index contributed by atoms with van der Waals surface area (Å²) in [5, 5.41) is 2.73. The van der Waals surface area contributed by atoms with Crippen LogP contribution < -0.4 is 11.1 Å². The molecular weight excluding hydrogens is 204 g/mol. The number of hydrogen-bond acceptors (Lipinski definition) is 2. The molecule has 1 aromatic rings. The third-order valence-electron chi connectivity index (χ3n) is 2.20. The number of nitrogens with one attached hydrogen (secondary N) is 1. The largest absolute Gasteiger partial charge is 0.370 e. The molecule has 2 amide bonds. The molecule has 0 aliphatic heterocycles. The predicted octanol–water partition coefficient (Wildman–Crippen LogP) is 0.990. The van der Waals surface area contributed by atoms with Crippen LogP contribution in [-0.4, -0.2) is 18.4 Å². The van der Waals surface area contributed by atoms with Crippen LogP contribution >= 0.6 is 0 Å². The molecule has 0 aromatic heterocycles. The summed E-state index contributed by atoms with van der Waals surface area (Å²) in [5.74, 6) is -0.464. The van der Waals surface area contributed by atoms with E-state index in [1.807, 2.05) is 19.1 Å². The summed E-state index contributed by atoms with van der Waals surface area (Å²) in [7, 11) is 0. The summed E-state index contributed by atoms with van der Waals surface area (Å²) in [6.07, 6.45) is 0.876. The predicted molar refractivity (Wildman–Crippen MR) is 61.9 cm³/mol. The number of benzene rings is 1. The highest BCUT2D eigenvalue weighted by Gasteiger charge is 2.03. The average Bonchev–Trinajstić information content (AvgIpc) is 2.25. The van der Waals surface area contributed by atoms with E-state index in [1.165, 1.54) is 0 Å². The van der Waals surface area contributed by atoms with Crippen molar-refractivity contribution < 1.29 is 9.59 Å². The van der Waals surface area contributed by atoms with Crippen LogP contribution in [0.15, 0.2) is 24.3 Å². The zero-order valence-electron chi connectivity index (χ0n) is 9.32. The Morgan fingerprint density at radius 3 is 2.44 bits per heavy atom. The summed E-state index contributed by atoms with van der Waals surface area (Å²) >= 11 is 0. The Hall–Kier alpha value is -1.84. The zero-order chi connectivity index (χ0) is 12.0. The van der Waals surface area contributed by atoms with Gasteiger partial charge in [-0.1, -0.05) is 17.7 Å². The standard InChI is InChI=1S/C12H16N2O2/c1-9-4-6-10(7-5-9)12(16)14-8-2-3-11(13)15/h4-7H,2-3,8H2,1H3,(H2,13,15)(H,14,16). The Kier molecular flexibility index (Phi) is 4.51. The maximum absolute atomic E-state index is 11.6. The Morgan fingerprint density at radius 2 is 1.88 bits per heavy atom. The Morgan fingerprint density at radius 1 is 1.25 bits per heavy atom. The van der Waals surface area contributed by atoms with E-state index in [0.29, 0.717) is 24.9 Å². The molecule has 86 valence electrons. The lowest BCUT2D eigenvalue weighted by atomic mass is 10.1. The summed E-state index contributed by atoms with van der Waals surface area (Å²) in [6, 6.07) is 7.33. The molecule has 0 unspecified atom stereocenters. The first-order valence-corrected chi connectivity index (χ1v) is 5.23. The molecule has 0 radical (unpaired) electrons. The topological polar surface area (TPSA) is 72.2 Å². The number of nitrogens with two attached hydrogens (primary N) is 1. The molecule has 0 spiro atoms. The maximum atomic E-state index is 11.6. The molecule has 0 fully saturated rings. The van der Waals surface area contributed by atoms with Crippen molar-refractivity contribution in [3.63, 3.8) is 0 Å². The van der Waals surface area contributed by atoms with Crippen LogP contribution in [0.25, 0.3) is 0 Å². The number of carbonyl (C=O) groups excluding carboxylic acids is 2. The molecule has 0 saturated carbocycles. The van der Waals surface area contributed by atoms with Gasteiger partial charge in [0, 0.05) is 18.5 Å². The quantitative estimate of drug-likeness (QED) is 0.726. The molecule has 0 aliphatic carbocycles. The first-order valence-electron chi connectivity index (χ1n) is 5.23. The fourth-order valence-corrected chi connectivity index (χ4v) is 1.27. The van der Waals surface area contributed by atoms with Crippen molar-refractivity contribution in [2.24, 2.45) is 5.73 Å². The smallest absolute Gasteiger partial charge is 0.251 e. The highest BCUT2D eigenvalue weighted by atomic mass is 16.2. The molecule has 1 rings (SSSR count). The second-order valence-corrected chi connectivity index (χ2v) is 3.69. The van der Waals surface area contributed by atoms with Crippen LogP contribution in [0.4, 0.5) is 0 Å². The molecule has 0 saturated heterocycles. The van der Waals surface area contributed by atoms with Gasteiger partial charge in [0.15, 0.2) is 0 Å². The number of amides is 2. The van der Waals surface area contributed by atoms with Gasteiger partial charge >= 0.3 is 0 Å². The SMILES string of the molecule is Cc1ccc(C(=O)NCCCC(N)=O)cc1. The number of hydrogen-bond donors (Lipinski definition) is 2. The van der Waals surface area contributed by atoms with Crippen LogP contribution in [0.1, 0.15) is 28.8 Å². The van der Waals surface area contributed by atoms with Gasteiger partial charge in [-0.15, -0.1) is 0 Å². The van der Waals surface area contributed by atoms with E-state index in [4.69, 9.17) is 5.73 Å². The lowest BCUT2D eigenvalue weighted by Gasteiger charge is -2.04. The summed E-state index contributed by atoms with van der Waals surface area (Å²) in [4.78, 5) is 22.0. The van der Waals surface area contributed by atoms with Crippen LogP contribution in [0.2, 0.25) is 0 Å². The van der Waals surface area contributed by atoms with Crippen molar-refractivity contribution in [1.29, 1.82) is 0 Å². The fraction of sp³-hybridized carbons (Fsp3) is 0.333. The Labute approximate surface area is 94.8 Å². The molecule has 4 nitrogen and oxygen atoms in total. The Balaban J connectivity index is 2.35. The van der Waals surface area contributed by atoms with Gasteiger partial charge in [-0.05, 0) is 25.5 Å². The van der Waals surface area contributed by atoms with Gasteiger partial charge in [0.25, 0.3) is 5.91 Å². The average molecular weight is 220 g/mol. The summed E-state index contributed by atoms with van der Waals surface area (Å²) in [5.41, 5.74) is 6.73. The molecular formula is C12H16N2O2. The minimum Gasteiger partial charge on any atom is -0.370 e. The van der Waals surface area contributed by atoms with Crippen molar-refractivity contribution in [1.82, 2.24) is 5.32 Å². The first kappa shape index (κ1) is 12.2. The van der Waals surface area contributed by atoms with Gasteiger partial charge in [-0.25, -0.2) is 0 Å². The van der Waals surface area contributed by atoms with Gasteiger partial charge in [0.05, 0.1) is 0 Å². The third kappa shape index (κ3) is 4.13. The van der Waals surface area contributed by atoms with Gasteiger partial charge in [0.2, 0.25) is 5.91 Å². The second kappa shape index (κ2) is 5.90. The van der Waals surface area contributed by atoms with Crippen LogP contribution in [-0.2, 0) is 4.79 Å². The van der Waals surface area contributed by atoms with E-state index < -0.39 is 0 Å². The second-order valence-electron chi connectivity index (χ2n) is 3.69. The van der Waals surface area contributed by atoms with Crippen molar-refractivity contribution in [3.05, 3.63) is 35.4 Å². The summed E-state index contributed by atoms with van der Waals surface area (Å²) in [6.45, 7) is 2.43. The molecule has 16 heavy (non-hydrogen) atoms. The van der Waals surface area contributed by atoms with Crippen molar-refractivity contribution in [2.45, 2.75) is 19.8 Å². The number of carbonyl (C=O) groups is 2. The van der Waals surface area contributed by atoms with Crippen LogP contribution in [0.5, 0.6) is 0 Å². The van der Waals surface area contributed by atoms with Crippen LogP contribution in [0.3, 0.4) is 0 Å². The van der Waals surface area contributed by atoms with Crippen LogP contribution in [0, 0.1) is 6.92 Å². The minimum absolute atomic E-state index is 0.121. The third-order valence-corrected chi connectivity index (χ3v) is 2.20. The van der Waals surface area contributed by atoms with E-state index in [0.717, 1.165) is 5.56 Å². The number of primary amides is 1. The molecule has 4 heteroatoms. The van der Waals surface area contributed by atoms with Gasteiger partial charge < -0.3 is 11.1 Å². The summed E-state index contributed by atoms with van der Waals surface area (Å²) < 4.78 is 0. The van der Waals surface area contributed by atoms with E-state index in [2.05, 4.69) is 5.32 Å². The molecule has 1 aromatic carbocycles. The highest BCUT2D eigenvalue weighted by molar-refractivity contribution is 5.94. The highest BCUT2D eigenvalue weighted by Crippen LogP contribution is 2.02. The first-order chi connectivity index (χ1) is 7.59. The van der Waals surface area contributed by atoms with Gasteiger partial charge in [-0.2, -0.15) is 0 Å². The number of aryl methyl sites for hydroxylation is 1. The van der Waals surface area contributed by atoms with E-state index in [1.54, 1.807) is 12.1 Å². The van der Waals surface area contributed by atoms with Crippen molar-refractivity contribution >= 4 is 11.8 Å². The molecule has 0 heterocycles. The molecule has 3 N–H and O–H groups in total.